The normalized spacial score (nSPS) is 10.9. The molecule has 0 spiro atoms. The SMILES string of the molecule is COc1cccc(C(=O)Nc2ccc(S(=O)(=O)Nc3ccccc3C)cc2)c1OC. The maximum atomic E-state index is 12.6. The number of ether oxygens (including phenoxy) is 2. The molecule has 0 aromatic heterocycles. The largest absolute Gasteiger partial charge is 0.493 e. The van der Waals surface area contributed by atoms with Gasteiger partial charge in [-0.3, -0.25) is 9.52 Å². The summed E-state index contributed by atoms with van der Waals surface area (Å²) in [5, 5.41) is 2.73. The first-order valence-electron chi connectivity index (χ1n) is 9.06. The Hall–Kier alpha value is -3.52. The molecule has 2 N–H and O–H groups in total. The Bertz CT molecular complexity index is 1160. The van der Waals surface area contributed by atoms with Gasteiger partial charge in [0.25, 0.3) is 15.9 Å². The average molecular weight is 426 g/mol. The molecule has 0 radical (unpaired) electrons. The van der Waals surface area contributed by atoms with E-state index < -0.39 is 15.9 Å². The van der Waals surface area contributed by atoms with Gasteiger partial charge in [0.1, 0.15) is 0 Å². The number of aryl methyl sites for hydroxylation is 1. The number of methoxy groups -OCH3 is 2. The third-order valence-electron chi connectivity index (χ3n) is 4.46. The molecule has 0 atom stereocenters. The van der Waals surface area contributed by atoms with Gasteiger partial charge < -0.3 is 14.8 Å². The van der Waals surface area contributed by atoms with Crippen molar-refractivity contribution in [3.63, 3.8) is 0 Å². The van der Waals surface area contributed by atoms with Gasteiger partial charge in [-0.1, -0.05) is 24.3 Å². The van der Waals surface area contributed by atoms with Gasteiger partial charge in [0.15, 0.2) is 11.5 Å². The molecule has 0 aliphatic heterocycles. The highest BCUT2D eigenvalue weighted by atomic mass is 32.2. The molecule has 0 aliphatic rings. The molecule has 0 saturated heterocycles. The number of sulfonamides is 1. The Morgan fingerprint density at radius 3 is 2.20 bits per heavy atom. The molecule has 8 heteroatoms. The Kier molecular flexibility index (Phi) is 6.27. The van der Waals surface area contributed by atoms with Crippen LogP contribution in [0, 0.1) is 6.92 Å². The van der Waals surface area contributed by atoms with Gasteiger partial charge in [0.05, 0.1) is 30.4 Å². The first-order valence-corrected chi connectivity index (χ1v) is 10.5. The van der Waals surface area contributed by atoms with Crippen LogP contribution in [0.25, 0.3) is 0 Å². The topological polar surface area (TPSA) is 93.7 Å². The Balaban J connectivity index is 1.78. The van der Waals surface area contributed by atoms with Crippen LogP contribution in [0.3, 0.4) is 0 Å². The molecule has 3 aromatic rings. The van der Waals surface area contributed by atoms with Gasteiger partial charge >= 0.3 is 0 Å². The van der Waals surface area contributed by atoms with Crippen molar-refractivity contribution in [1.82, 2.24) is 0 Å². The molecule has 3 rings (SSSR count). The minimum Gasteiger partial charge on any atom is -0.493 e. The lowest BCUT2D eigenvalue weighted by atomic mass is 10.1. The summed E-state index contributed by atoms with van der Waals surface area (Å²) in [5.74, 6) is 0.354. The maximum Gasteiger partial charge on any atom is 0.261 e. The van der Waals surface area contributed by atoms with Crippen LogP contribution < -0.4 is 19.5 Å². The van der Waals surface area contributed by atoms with Crippen LogP contribution in [-0.4, -0.2) is 28.5 Å². The number of anilines is 2. The van der Waals surface area contributed by atoms with Gasteiger partial charge in [0.2, 0.25) is 0 Å². The van der Waals surface area contributed by atoms with E-state index >= 15 is 0 Å². The van der Waals surface area contributed by atoms with E-state index in [2.05, 4.69) is 10.0 Å². The summed E-state index contributed by atoms with van der Waals surface area (Å²) < 4.78 is 38.3. The zero-order valence-electron chi connectivity index (χ0n) is 16.8. The highest BCUT2D eigenvalue weighted by Crippen LogP contribution is 2.31. The first-order chi connectivity index (χ1) is 14.4. The molecule has 156 valence electrons. The molecule has 0 heterocycles. The van der Waals surface area contributed by atoms with Crippen molar-refractivity contribution in [2.45, 2.75) is 11.8 Å². The van der Waals surface area contributed by atoms with Gasteiger partial charge in [0, 0.05) is 5.69 Å². The van der Waals surface area contributed by atoms with Crippen LogP contribution in [0.15, 0.2) is 71.6 Å². The Labute approximate surface area is 175 Å². The number of nitrogens with one attached hydrogen (secondary N) is 2. The molecule has 1 amide bonds. The van der Waals surface area contributed by atoms with E-state index in [-0.39, 0.29) is 4.90 Å². The Morgan fingerprint density at radius 2 is 1.57 bits per heavy atom. The van der Waals surface area contributed by atoms with Crippen LogP contribution in [-0.2, 0) is 10.0 Å². The number of carbonyl (C=O) groups is 1. The van der Waals surface area contributed by atoms with Crippen molar-refractivity contribution in [3.8, 4) is 11.5 Å². The third-order valence-corrected chi connectivity index (χ3v) is 5.84. The summed E-state index contributed by atoms with van der Waals surface area (Å²) in [7, 11) is -0.808. The fourth-order valence-electron chi connectivity index (χ4n) is 2.87. The van der Waals surface area contributed by atoms with Gasteiger partial charge in [-0.25, -0.2) is 8.42 Å². The highest BCUT2D eigenvalue weighted by molar-refractivity contribution is 7.92. The van der Waals surface area contributed by atoms with Crippen molar-refractivity contribution < 1.29 is 22.7 Å². The quantitative estimate of drug-likeness (QED) is 0.594. The number of hydrogen-bond donors (Lipinski definition) is 2. The van der Waals surface area contributed by atoms with Crippen molar-refractivity contribution >= 4 is 27.3 Å². The van der Waals surface area contributed by atoms with Crippen LogP contribution in [0.4, 0.5) is 11.4 Å². The van der Waals surface area contributed by atoms with E-state index in [0.29, 0.717) is 28.4 Å². The van der Waals surface area contributed by atoms with Crippen LogP contribution in [0.1, 0.15) is 15.9 Å². The highest BCUT2D eigenvalue weighted by Gasteiger charge is 2.18. The summed E-state index contributed by atoms with van der Waals surface area (Å²) in [6.07, 6.45) is 0. The minimum absolute atomic E-state index is 0.0858. The maximum absolute atomic E-state index is 12.6. The molecule has 3 aromatic carbocycles. The minimum atomic E-state index is -3.75. The van der Waals surface area contributed by atoms with E-state index in [0.717, 1.165) is 5.56 Å². The molecular weight excluding hydrogens is 404 g/mol. The zero-order valence-corrected chi connectivity index (χ0v) is 17.6. The third kappa shape index (κ3) is 4.55. The van der Waals surface area contributed by atoms with Crippen molar-refractivity contribution in [2.24, 2.45) is 0 Å². The number of para-hydroxylation sites is 2. The lowest BCUT2D eigenvalue weighted by Crippen LogP contribution is -2.15. The second kappa shape index (κ2) is 8.87. The smallest absolute Gasteiger partial charge is 0.261 e. The monoisotopic (exact) mass is 426 g/mol. The second-order valence-electron chi connectivity index (χ2n) is 6.44. The molecular formula is C22H22N2O5S. The van der Waals surface area contributed by atoms with E-state index in [9.17, 15) is 13.2 Å². The van der Waals surface area contributed by atoms with E-state index in [1.54, 1.807) is 30.3 Å². The number of rotatable bonds is 7. The van der Waals surface area contributed by atoms with E-state index in [1.165, 1.54) is 38.5 Å². The van der Waals surface area contributed by atoms with Crippen LogP contribution in [0.2, 0.25) is 0 Å². The second-order valence-corrected chi connectivity index (χ2v) is 8.12. The average Bonchev–Trinajstić information content (AvgIpc) is 2.75. The standard InChI is InChI=1S/C22H22N2O5S/c1-15-7-4-5-9-19(15)24-30(26,27)17-13-11-16(12-14-17)23-22(25)18-8-6-10-20(28-2)21(18)29-3/h4-14,24H,1-3H3,(H,23,25). The van der Waals surface area contributed by atoms with Crippen molar-refractivity contribution in [3.05, 3.63) is 77.9 Å². The number of carbonyl (C=O) groups excluding carboxylic acids is 1. The van der Waals surface area contributed by atoms with Crippen LogP contribution in [0.5, 0.6) is 11.5 Å². The van der Waals surface area contributed by atoms with Gasteiger partial charge in [-0.15, -0.1) is 0 Å². The molecule has 0 fully saturated rings. The van der Waals surface area contributed by atoms with Crippen LogP contribution >= 0.6 is 0 Å². The summed E-state index contributed by atoms with van der Waals surface area (Å²) >= 11 is 0. The molecule has 30 heavy (non-hydrogen) atoms. The van der Waals surface area contributed by atoms with E-state index in [1.807, 2.05) is 19.1 Å². The summed E-state index contributed by atoms with van der Waals surface area (Å²) in [4.78, 5) is 12.7. The predicted molar refractivity (Wildman–Crippen MR) is 116 cm³/mol. The number of benzene rings is 3. The molecule has 0 unspecified atom stereocenters. The molecule has 7 nitrogen and oxygen atoms in total. The number of amides is 1. The Morgan fingerprint density at radius 1 is 0.867 bits per heavy atom. The molecule has 0 saturated carbocycles. The van der Waals surface area contributed by atoms with Gasteiger partial charge in [-0.05, 0) is 55.0 Å². The van der Waals surface area contributed by atoms with Crippen molar-refractivity contribution in [2.75, 3.05) is 24.3 Å². The molecule has 0 aliphatic carbocycles. The zero-order chi connectivity index (χ0) is 21.7. The lowest BCUT2D eigenvalue weighted by Gasteiger charge is -2.13. The first kappa shape index (κ1) is 21.2. The lowest BCUT2D eigenvalue weighted by molar-refractivity contribution is 0.102. The predicted octanol–water partition coefficient (Wildman–Crippen LogP) is 4.07. The van der Waals surface area contributed by atoms with Gasteiger partial charge in [-0.2, -0.15) is 0 Å². The summed E-state index contributed by atoms with van der Waals surface area (Å²) in [5.41, 5.74) is 2.08. The fourth-order valence-corrected chi connectivity index (χ4v) is 4.00. The van der Waals surface area contributed by atoms with E-state index in [4.69, 9.17) is 9.47 Å². The summed E-state index contributed by atoms with van der Waals surface area (Å²) in [6, 6.07) is 18.0. The van der Waals surface area contributed by atoms with Crippen molar-refractivity contribution in [1.29, 1.82) is 0 Å². The fraction of sp³-hybridized carbons (Fsp3) is 0.136. The number of hydrogen-bond acceptors (Lipinski definition) is 5. The molecule has 0 bridgehead atoms. The summed E-state index contributed by atoms with van der Waals surface area (Å²) in [6.45, 7) is 1.82.